The van der Waals surface area contributed by atoms with Gasteiger partial charge in [-0.2, -0.15) is 13.2 Å². The fraction of sp³-hybridized carbons (Fsp3) is 0.831. The molecular weight excluding hydrogens is 1200 g/mol. The first kappa shape index (κ1) is 77.7. The molecule has 0 bridgehead atoms. The number of likely N-dealkylation sites (N-methyl/N-ethyl adjacent to an activating group) is 6. The van der Waals surface area contributed by atoms with Crippen LogP contribution in [0.1, 0.15) is 179 Å². The molecule has 22 nitrogen and oxygen atoms in total. The Morgan fingerprint density at radius 2 is 1.12 bits per heavy atom. The highest BCUT2D eigenvalue weighted by Crippen LogP contribution is 2.44. The van der Waals surface area contributed by atoms with Crippen molar-refractivity contribution in [3.8, 4) is 0 Å². The molecule has 2 heterocycles. The van der Waals surface area contributed by atoms with Crippen molar-refractivity contribution in [3.63, 3.8) is 0 Å². The Balaban J connectivity index is 1.81. The lowest BCUT2D eigenvalue weighted by Crippen LogP contribution is -2.64. The first-order chi connectivity index (χ1) is 42.2. The van der Waals surface area contributed by atoms with Gasteiger partial charge in [-0.1, -0.05) is 80.6 Å². The summed E-state index contributed by atoms with van der Waals surface area (Å²) >= 11 is 6.36. The number of amides is 11. The first-order valence-corrected chi connectivity index (χ1v) is 33.4. The van der Waals surface area contributed by atoms with Crippen molar-refractivity contribution in [1.82, 2.24) is 55.6 Å². The fourth-order valence-corrected chi connectivity index (χ4v) is 13.2. The third-order valence-corrected chi connectivity index (χ3v) is 20.7. The van der Waals surface area contributed by atoms with E-state index in [2.05, 4.69) is 28.2 Å². The molecule has 4 fully saturated rings. The Bertz CT molecular complexity index is 2590. The third kappa shape index (κ3) is 20.4. The van der Waals surface area contributed by atoms with Crippen molar-refractivity contribution in [2.75, 3.05) is 55.4 Å². The van der Waals surface area contributed by atoms with Gasteiger partial charge < -0.3 is 55.6 Å². The summed E-state index contributed by atoms with van der Waals surface area (Å²) in [6.07, 6.45) is -0.271. The van der Waals surface area contributed by atoms with E-state index >= 15 is 4.79 Å². The quantitative estimate of drug-likeness (QED) is 0.182. The molecule has 2 saturated heterocycles. The molecule has 0 aromatic carbocycles. The van der Waals surface area contributed by atoms with Gasteiger partial charge in [0, 0.05) is 66.7 Å². The van der Waals surface area contributed by atoms with Crippen molar-refractivity contribution in [3.05, 3.63) is 0 Å². The average molecular weight is 1310 g/mol. The number of carbonyl (C=O) groups excluding carboxylic acids is 11. The summed E-state index contributed by atoms with van der Waals surface area (Å²) in [5.74, 6) is -9.34. The van der Waals surface area contributed by atoms with E-state index in [1.807, 2.05) is 34.6 Å². The second-order valence-corrected chi connectivity index (χ2v) is 28.9. The number of nitrogens with one attached hydrogen (secondary N) is 4. The number of rotatable bonds is 11. The maximum absolute atomic E-state index is 15.1. The highest BCUT2D eigenvalue weighted by Gasteiger charge is 2.49. The Labute approximate surface area is 543 Å². The molecule has 13 atom stereocenters. The molecule has 2 saturated carbocycles. The smallest absolute Gasteiger partial charge is 0.343 e. The lowest BCUT2D eigenvalue weighted by Gasteiger charge is -2.44. The van der Waals surface area contributed by atoms with Crippen LogP contribution >= 0.6 is 11.6 Å². The number of hydrogen-bond donors (Lipinski definition) is 4. The zero-order chi connectivity index (χ0) is 69.1. The highest BCUT2D eigenvalue weighted by atomic mass is 35.5. The van der Waals surface area contributed by atoms with Gasteiger partial charge in [-0.25, -0.2) is 0 Å². The van der Waals surface area contributed by atoms with Crippen LogP contribution < -0.4 is 21.3 Å². The Morgan fingerprint density at radius 1 is 0.582 bits per heavy atom. The molecule has 518 valence electrons. The monoisotopic (exact) mass is 1310 g/mol. The lowest BCUT2D eigenvalue weighted by molar-refractivity contribution is -0.182. The topological polar surface area (TPSA) is 259 Å². The Kier molecular flexibility index (Phi) is 28.5. The van der Waals surface area contributed by atoms with Gasteiger partial charge in [0.1, 0.15) is 53.9 Å². The molecule has 4 rings (SSSR count). The second kappa shape index (κ2) is 33.4. The normalized spacial score (nSPS) is 31.9. The van der Waals surface area contributed by atoms with E-state index in [1.54, 1.807) is 13.8 Å². The van der Waals surface area contributed by atoms with E-state index in [0.29, 0.717) is 12.3 Å². The molecule has 11 amide bonds. The van der Waals surface area contributed by atoms with E-state index in [4.69, 9.17) is 11.6 Å². The molecule has 0 aromatic heterocycles. The summed E-state index contributed by atoms with van der Waals surface area (Å²) in [6, 6.07) is -10.2. The number of carbonyl (C=O) groups is 11. The molecule has 4 N–H and O–H groups in total. The molecular formula is C65H109ClF3N11O11. The fourth-order valence-electron chi connectivity index (χ4n) is 12.6. The maximum Gasteiger partial charge on any atom is 0.393 e. The number of nitrogens with zero attached hydrogens (tertiary/aromatic N) is 7. The van der Waals surface area contributed by atoms with Crippen LogP contribution in [0.2, 0.25) is 0 Å². The van der Waals surface area contributed by atoms with Gasteiger partial charge in [-0.3, -0.25) is 52.7 Å². The van der Waals surface area contributed by atoms with Crippen molar-refractivity contribution in [1.29, 1.82) is 0 Å². The van der Waals surface area contributed by atoms with Crippen LogP contribution in [0.5, 0.6) is 0 Å². The predicted octanol–water partition coefficient (Wildman–Crippen LogP) is 5.71. The number of halogens is 4. The zero-order valence-electron chi connectivity index (χ0n) is 57.5. The van der Waals surface area contributed by atoms with E-state index in [-0.39, 0.29) is 94.4 Å². The van der Waals surface area contributed by atoms with Crippen molar-refractivity contribution in [2.24, 2.45) is 41.4 Å². The second-order valence-electron chi connectivity index (χ2n) is 28.4. The maximum atomic E-state index is 15.1. The van der Waals surface area contributed by atoms with Crippen molar-refractivity contribution >= 4 is 76.6 Å². The van der Waals surface area contributed by atoms with Gasteiger partial charge in [0.05, 0.1) is 12.5 Å². The number of hydrogen-bond acceptors (Lipinski definition) is 11. The molecule has 0 radical (unpaired) electrons. The summed E-state index contributed by atoms with van der Waals surface area (Å²) < 4.78 is 41.8. The van der Waals surface area contributed by atoms with Gasteiger partial charge in [0.2, 0.25) is 65.0 Å². The first-order valence-electron chi connectivity index (χ1n) is 33.0. The molecule has 0 spiro atoms. The van der Waals surface area contributed by atoms with E-state index < -0.39 is 155 Å². The summed E-state index contributed by atoms with van der Waals surface area (Å²) in [5.41, 5.74) is -1.68. The van der Waals surface area contributed by atoms with Gasteiger partial charge in [0.15, 0.2) is 0 Å². The van der Waals surface area contributed by atoms with Gasteiger partial charge in [-0.15, -0.1) is 11.6 Å². The van der Waals surface area contributed by atoms with Crippen molar-refractivity contribution < 1.29 is 65.9 Å². The largest absolute Gasteiger partial charge is 0.393 e. The van der Waals surface area contributed by atoms with Crippen LogP contribution in [-0.4, -0.2) is 226 Å². The SMILES string of the molecule is CC[C@H](C)[C@@H]1NC(=O)[C@H](C)N(C)C(=O)C[C@@H](C)N(C)C(=O)[C@H](CC(C)C)NC(=O)C(C)(C)N(C)C(=O)[C@H](CC(C)C)NC(=O)[C@H](CCC2CCC(C(F)(F)F)C(Cl)C2)NC(=O)[C@@H](C)N(C)C(=O)[C@H](CC2CCC(C)CC2)N(C)C(=O)[C@@H]2CCN2C(=O)CN(C)C1=O. The van der Waals surface area contributed by atoms with Crippen LogP contribution in [0.15, 0.2) is 0 Å². The van der Waals surface area contributed by atoms with Crippen molar-refractivity contribution in [2.45, 2.75) is 251 Å². The summed E-state index contributed by atoms with van der Waals surface area (Å²) in [5, 5.41) is 10.1. The Hall–Kier alpha value is -5.75. The molecule has 91 heavy (non-hydrogen) atoms. The van der Waals surface area contributed by atoms with Crippen LogP contribution in [0.4, 0.5) is 13.2 Å². The Morgan fingerprint density at radius 3 is 1.65 bits per heavy atom. The molecule has 26 heteroatoms. The standard InChI is InChI=1S/C65H109ClF3N11O11/c1-19-39(7)54-62(90)74(13)35-53(82)80-29-28-50(80)60(88)78(17)51(34-44-22-20-38(6)21-23-44)61(89)77(16)42(10)55(83)70-47(27-25-43-24-26-45(46(66)33-43)65(67,68)69)57(85)71-49(31-37(4)5)59(87)79(18)64(11,12)63(91)72-48(30-36(2)3)58(86)75(14)40(8)32-52(81)76(15)41(9)56(84)73-54/h36-51,54H,19-35H2,1-18H3,(H,70,83)(H,71,85)(H,72,91)(H,73,84)/t38?,39-,40+,41-,42+,43?,44?,45?,46?,47-,48-,49-,50-,51-,54-/m0/s1. The van der Waals surface area contributed by atoms with Gasteiger partial charge in [0.25, 0.3) is 0 Å². The summed E-state index contributed by atoms with van der Waals surface area (Å²) in [7, 11) is 8.63. The third-order valence-electron chi connectivity index (χ3n) is 20.2. The van der Waals surface area contributed by atoms with E-state index in [1.165, 1.54) is 104 Å². The summed E-state index contributed by atoms with van der Waals surface area (Å²) in [6.45, 7) is 20.4. The van der Waals surface area contributed by atoms with E-state index in [0.717, 1.165) is 25.7 Å². The van der Waals surface area contributed by atoms with Crippen LogP contribution in [0.25, 0.3) is 0 Å². The van der Waals surface area contributed by atoms with Crippen LogP contribution in [0.3, 0.4) is 0 Å². The molecule has 2 aliphatic carbocycles. The highest BCUT2D eigenvalue weighted by molar-refractivity contribution is 6.20. The zero-order valence-corrected chi connectivity index (χ0v) is 58.2. The lowest BCUT2D eigenvalue weighted by atomic mass is 9.78. The number of fused-ring (bicyclic) bond motifs is 1. The van der Waals surface area contributed by atoms with Gasteiger partial charge in [-0.05, 0) is 128 Å². The molecule has 3 unspecified atom stereocenters. The minimum absolute atomic E-state index is 0.00959. The molecule has 0 aromatic rings. The van der Waals surface area contributed by atoms with Gasteiger partial charge >= 0.3 is 6.18 Å². The minimum Gasteiger partial charge on any atom is -0.343 e. The molecule has 4 aliphatic rings. The number of alkyl halides is 4. The van der Waals surface area contributed by atoms with Crippen LogP contribution in [-0.2, 0) is 52.7 Å². The van der Waals surface area contributed by atoms with Crippen LogP contribution in [0, 0.1) is 41.4 Å². The average Bonchev–Trinajstić information content (AvgIpc) is 0.859. The molecule has 2 aliphatic heterocycles. The minimum atomic E-state index is -4.51. The van der Waals surface area contributed by atoms with E-state index in [9.17, 15) is 61.1 Å². The summed E-state index contributed by atoms with van der Waals surface area (Å²) in [4.78, 5) is 168. The predicted molar refractivity (Wildman–Crippen MR) is 340 cm³/mol.